The van der Waals surface area contributed by atoms with E-state index in [0.29, 0.717) is 21.5 Å². The molecule has 0 amide bonds. The third kappa shape index (κ3) is 3.16. The lowest BCUT2D eigenvalue weighted by Gasteiger charge is -2.17. The predicted octanol–water partition coefficient (Wildman–Crippen LogP) is 4.80. The van der Waals surface area contributed by atoms with Crippen LogP contribution in [0.25, 0.3) is 0 Å². The summed E-state index contributed by atoms with van der Waals surface area (Å²) in [4.78, 5) is 0. The summed E-state index contributed by atoms with van der Waals surface area (Å²) in [5, 5.41) is 2.98. The van der Waals surface area contributed by atoms with Gasteiger partial charge in [0.1, 0.15) is 23.1 Å². The fourth-order valence-corrected chi connectivity index (χ4v) is 2.28. The van der Waals surface area contributed by atoms with E-state index in [1.807, 2.05) is 6.92 Å². The molecule has 5 heteroatoms. The Morgan fingerprint density at radius 2 is 1.90 bits per heavy atom. The molecule has 0 bridgehead atoms. The first-order chi connectivity index (χ1) is 9.52. The van der Waals surface area contributed by atoms with E-state index >= 15 is 0 Å². The highest BCUT2D eigenvalue weighted by molar-refractivity contribution is 9.10. The number of benzene rings is 2. The highest BCUT2D eigenvalue weighted by atomic mass is 79.9. The Morgan fingerprint density at radius 3 is 2.55 bits per heavy atom. The van der Waals surface area contributed by atoms with Crippen LogP contribution >= 0.6 is 15.9 Å². The number of rotatable bonds is 4. The van der Waals surface area contributed by atoms with E-state index in [9.17, 15) is 8.78 Å². The van der Waals surface area contributed by atoms with Gasteiger partial charge >= 0.3 is 0 Å². The zero-order chi connectivity index (χ0) is 14.7. The molecule has 0 heterocycles. The molecule has 2 aromatic rings. The summed E-state index contributed by atoms with van der Waals surface area (Å²) < 4.78 is 33.2. The van der Waals surface area contributed by atoms with Gasteiger partial charge in [-0.2, -0.15) is 0 Å². The number of halogens is 3. The van der Waals surface area contributed by atoms with Gasteiger partial charge in [0.15, 0.2) is 0 Å². The third-order valence-electron chi connectivity index (χ3n) is 2.99. The molecule has 0 fully saturated rings. The van der Waals surface area contributed by atoms with Gasteiger partial charge in [-0.15, -0.1) is 0 Å². The van der Waals surface area contributed by atoms with Crippen LogP contribution in [0.3, 0.4) is 0 Å². The summed E-state index contributed by atoms with van der Waals surface area (Å²) >= 11 is 3.23. The topological polar surface area (TPSA) is 21.3 Å². The van der Waals surface area contributed by atoms with Gasteiger partial charge in [-0.1, -0.05) is 6.07 Å². The molecule has 20 heavy (non-hydrogen) atoms. The molecule has 1 atom stereocenters. The molecule has 0 aliphatic carbocycles. The second kappa shape index (κ2) is 6.33. The molecule has 1 unspecified atom stereocenters. The van der Waals surface area contributed by atoms with E-state index in [4.69, 9.17) is 4.74 Å². The quantitative estimate of drug-likeness (QED) is 0.862. The van der Waals surface area contributed by atoms with E-state index in [-0.39, 0.29) is 17.7 Å². The van der Waals surface area contributed by atoms with Gasteiger partial charge in [0.25, 0.3) is 0 Å². The summed E-state index contributed by atoms with van der Waals surface area (Å²) in [5.41, 5.74) is 0.436. The number of hydrogen-bond donors (Lipinski definition) is 1. The molecule has 0 saturated heterocycles. The van der Waals surface area contributed by atoms with Crippen LogP contribution in [0.5, 0.6) is 11.5 Å². The lowest BCUT2D eigenvalue weighted by atomic mass is 10.1. The Bertz CT molecular complexity index is 619. The van der Waals surface area contributed by atoms with Crippen LogP contribution in [-0.4, -0.2) is 7.05 Å². The van der Waals surface area contributed by atoms with Gasteiger partial charge in [0.2, 0.25) is 0 Å². The normalized spacial score (nSPS) is 12.2. The smallest absolute Gasteiger partial charge is 0.141 e. The highest BCUT2D eigenvalue weighted by Crippen LogP contribution is 2.35. The second-order valence-electron chi connectivity index (χ2n) is 4.34. The summed E-state index contributed by atoms with van der Waals surface area (Å²) in [7, 11) is 1.74. The van der Waals surface area contributed by atoms with Gasteiger partial charge in [-0.25, -0.2) is 8.78 Å². The number of nitrogens with one attached hydrogen (secondary N) is 1. The first-order valence-electron chi connectivity index (χ1n) is 6.11. The number of hydrogen-bond acceptors (Lipinski definition) is 2. The van der Waals surface area contributed by atoms with Crippen LogP contribution in [0.15, 0.2) is 40.9 Å². The van der Waals surface area contributed by atoms with Crippen LogP contribution in [0, 0.1) is 11.6 Å². The van der Waals surface area contributed by atoms with Gasteiger partial charge in [0, 0.05) is 11.6 Å². The van der Waals surface area contributed by atoms with Crippen molar-refractivity contribution in [1.29, 1.82) is 0 Å². The first kappa shape index (κ1) is 14.9. The Morgan fingerprint density at radius 1 is 1.15 bits per heavy atom. The number of ether oxygens (including phenoxy) is 1. The fourth-order valence-electron chi connectivity index (χ4n) is 1.85. The lowest BCUT2D eigenvalue weighted by Crippen LogP contribution is -2.15. The van der Waals surface area contributed by atoms with Crippen molar-refractivity contribution in [1.82, 2.24) is 5.32 Å². The van der Waals surface area contributed by atoms with Crippen LogP contribution in [-0.2, 0) is 0 Å². The molecule has 2 aromatic carbocycles. The van der Waals surface area contributed by atoms with Gasteiger partial charge in [-0.3, -0.25) is 0 Å². The largest absolute Gasteiger partial charge is 0.456 e. The van der Waals surface area contributed by atoms with Gasteiger partial charge in [0.05, 0.1) is 4.47 Å². The molecular formula is C15H14BrF2NO. The monoisotopic (exact) mass is 341 g/mol. The molecule has 0 aromatic heterocycles. The Balaban J connectivity index is 2.40. The lowest BCUT2D eigenvalue weighted by molar-refractivity contribution is 0.449. The van der Waals surface area contributed by atoms with Crippen LogP contribution < -0.4 is 10.1 Å². The fraction of sp³-hybridized carbons (Fsp3) is 0.200. The SMILES string of the molecule is CNC(C)c1c(F)cccc1Oc1ccc(F)cc1Br. The molecule has 2 rings (SSSR count). The van der Waals surface area contributed by atoms with Gasteiger partial charge < -0.3 is 10.1 Å². The molecule has 1 N–H and O–H groups in total. The molecule has 0 saturated carbocycles. The summed E-state index contributed by atoms with van der Waals surface area (Å²) in [6.45, 7) is 1.84. The summed E-state index contributed by atoms with van der Waals surface area (Å²) in [5.74, 6) is 0.121. The molecule has 2 nitrogen and oxygen atoms in total. The second-order valence-corrected chi connectivity index (χ2v) is 5.19. The summed E-state index contributed by atoms with van der Waals surface area (Å²) in [6, 6.07) is 8.53. The van der Waals surface area contributed by atoms with E-state index in [0.717, 1.165) is 0 Å². The Hall–Kier alpha value is -1.46. The molecule has 106 valence electrons. The van der Waals surface area contributed by atoms with Crippen molar-refractivity contribution in [2.45, 2.75) is 13.0 Å². The van der Waals surface area contributed by atoms with Crippen LogP contribution in [0.1, 0.15) is 18.5 Å². The third-order valence-corrected chi connectivity index (χ3v) is 3.61. The minimum Gasteiger partial charge on any atom is -0.456 e. The van der Waals surface area contributed by atoms with Crippen LogP contribution in [0.2, 0.25) is 0 Å². The average Bonchev–Trinajstić information content (AvgIpc) is 2.41. The predicted molar refractivity (Wildman–Crippen MR) is 78.0 cm³/mol. The van der Waals surface area contributed by atoms with E-state index < -0.39 is 0 Å². The summed E-state index contributed by atoms with van der Waals surface area (Å²) in [6.07, 6.45) is 0. The van der Waals surface area contributed by atoms with E-state index in [1.54, 1.807) is 19.2 Å². The van der Waals surface area contributed by atoms with E-state index in [1.165, 1.54) is 24.3 Å². The van der Waals surface area contributed by atoms with Crippen molar-refractivity contribution in [3.63, 3.8) is 0 Å². The maximum atomic E-state index is 14.0. The Labute approximate surface area is 124 Å². The van der Waals surface area contributed by atoms with Crippen LogP contribution in [0.4, 0.5) is 8.78 Å². The average molecular weight is 342 g/mol. The van der Waals surface area contributed by atoms with Crippen molar-refractivity contribution in [3.8, 4) is 11.5 Å². The van der Waals surface area contributed by atoms with Crippen molar-refractivity contribution in [3.05, 3.63) is 58.1 Å². The maximum Gasteiger partial charge on any atom is 0.141 e. The molecule has 0 aliphatic heterocycles. The Kier molecular flexibility index (Phi) is 4.73. The van der Waals surface area contributed by atoms with Crippen molar-refractivity contribution < 1.29 is 13.5 Å². The van der Waals surface area contributed by atoms with Gasteiger partial charge in [-0.05, 0) is 60.2 Å². The van der Waals surface area contributed by atoms with Crippen molar-refractivity contribution in [2.24, 2.45) is 0 Å². The van der Waals surface area contributed by atoms with Crippen molar-refractivity contribution in [2.75, 3.05) is 7.05 Å². The standard InChI is InChI=1S/C15H14BrF2NO/c1-9(19-2)15-12(18)4-3-5-14(15)20-13-7-6-10(17)8-11(13)16/h3-9,19H,1-2H3. The first-order valence-corrected chi connectivity index (χ1v) is 6.90. The molecule has 0 radical (unpaired) electrons. The zero-order valence-electron chi connectivity index (χ0n) is 11.1. The minimum absolute atomic E-state index is 0.203. The minimum atomic E-state index is -0.368. The van der Waals surface area contributed by atoms with E-state index in [2.05, 4.69) is 21.2 Å². The molecule has 0 spiro atoms. The maximum absolute atomic E-state index is 14.0. The van der Waals surface area contributed by atoms with Crippen molar-refractivity contribution >= 4 is 15.9 Å². The highest BCUT2D eigenvalue weighted by Gasteiger charge is 2.16. The molecular weight excluding hydrogens is 328 g/mol. The molecule has 0 aliphatic rings. The zero-order valence-corrected chi connectivity index (χ0v) is 12.7.